The number of amides is 3. The predicted molar refractivity (Wildman–Crippen MR) is 114 cm³/mol. The zero-order valence-electron chi connectivity index (χ0n) is 18.1. The maximum Gasteiger partial charge on any atom is 0.258 e. The van der Waals surface area contributed by atoms with Crippen LogP contribution in [0.15, 0.2) is 24.3 Å². The molecule has 2 bridgehead atoms. The van der Waals surface area contributed by atoms with E-state index in [1.165, 1.54) is 6.42 Å². The second-order valence-corrected chi connectivity index (χ2v) is 9.64. The zero-order chi connectivity index (χ0) is 21.6. The third kappa shape index (κ3) is 3.58. The Bertz CT molecular complexity index is 897. The lowest BCUT2D eigenvalue weighted by molar-refractivity contribution is -0.149. The van der Waals surface area contributed by atoms with Gasteiger partial charge in [-0.25, -0.2) is 0 Å². The number of hydrogen-bond acceptors (Lipinski definition) is 4. The largest absolute Gasteiger partial charge is 0.467 e. The highest BCUT2D eigenvalue weighted by molar-refractivity contribution is 5.98. The predicted octanol–water partition coefficient (Wildman–Crippen LogP) is 2.46. The fourth-order valence-electron chi connectivity index (χ4n) is 6.05. The first-order valence-corrected chi connectivity index (χ1v) is 11.7. The number of piperidine rings is 1. The molecule has 7 heteroatoms. The highest BCUT2D eigenvalue weighted by atomic mass is 16.5. The number of nitrogens with one attached hydrogen (secondary N) is 2. The van der Waals surface area contributed by atoms with Crippen LogP contribution in [0.3, 0.4) is 0 Å². The minimum Gasteiger partial charge on any atom is -0.467 e. The molecule has 1 saturated heterocycles. The molecule has 0 radical (unpaired) electrons. The van der Waals surface area contributed by atoms with Crippen molar-refractivity contribution in [1.29, 1.82) is 0 Å². The number of likely N-dealkylation sites (tertiary alicyclic amines) is 1. The van der Waals surface area contributed by atoms with Crippen LogP contribution in [0, 0.1) is 17.8 Å². The van der Waals surface area contributed by atoms with Gasteiger partial charge in [0, 0.05) is 31.3 Å². The van der Waals surface area contributed by atoms with Crippen molar-refractivity contribution in [3.8, 4) is 5.75 Å². The molecule has 1 spiro atoms. The molecule has 4 fully saturated rings. The van der Waals surface area contributed by atoms with Crippen LogP contribution in [0.5, 0.6) is 5.75 Å². The number of carbonyl (C=O) groups is 3. The molecule has 2 heterocycles. The Balaban J connectivity index is 1.25. The zero-order valence-corrected chi connectivity index (χ0v) is 18.1. The molecule has 1 aromatic rings. The smallest absolute Gasteiger partial charge is 0.258 e. The first-order chi connectivity index (χ1) is 15.0. The summed E-state index contributed by atoms with van der Waals surface area (Å²) >= 11 is 0. The molecule has 5 unspecified atom stereocenters. The maximum absolute atomic E-state index is 13.1. The number of carbonyl (C=O) groups excluding carboxylic acids is 3. The van der Waals surface area contributed by atoms with Gasteiger partial charge in [-0.05, 0) is 63.5 Å². The molecule has 2 N–H and O–H groups in total. The van der Waals surface area contributed by atoms with Crippen LogP contribution in [0.25, 0.3) is 0 Å². The molecule has 5 aliphatic rings. The van der Waals surface area contributed by atoms with Crippen molar-refractivity contribution in [1.82, 2.24) is 15.5 Å². The molecule has 5 atom stereocenters. The highest BCUT2D eigenvalue weighted by Crippen LogP contribution is 2.52. The molecule has 31 heavy (non-hydrogen) atoms. The van der Waals surface area contributed by atoms with Crippen LogP contribution >= 0.6 is 0 Å². The van der Waals surface area contributed by atoms with E-state index < -0.39 is 11.8 Å². The van der Waals surface area contributed by atoms with Crippen LogP contribution < -0.4 is 15.4 Å². The quantitative estimate of drug-likeness (QED) is 0.779. The van der Waals surface area contributed by atoms with Gasteiger partial charge in [-0.15, -0.1) is 0 Å². The summed E-state index contributed by atoms with van der Waals surface area (Å²) in [5.41, 5.74) is -0.158. The number of nitrogens with zero attached hydrogens (tertiary/aromatic N) is 1. The van der Waals surface area contributed by atoms with Gasteiger partial charge in [-0.3, -0.25) is 14.4 Å². The molecule has 166 valence electrons. The van der Waals surface area contributed by atoms with Gasteiger partial charge in [0.1, 0.15) is 11.8 Å². The Morgan fingerprint density at radius 2 is 1.97 bits per heavy atom. The first kappa shape index (κ1) is 20.3. The molecule has 1 aromatic carbocycles. The average molecular weight is 426 g/mol. The highest BCUT2D eigenvalue weighted by Gasteiger charge is 2.57. The Kier molecular flexibility index (Phi) is 5.15. The van der Waals surface area contributed by atoms with Gasteiger partial charge in [-0.1, -0.05) is 12.1 Å². The van der Waals surface area contributed by atoms with Gasteiger partial charge in [0.05, 0.1) is 5.56 Å². The van der Waals surface area contributed by atoms with Crippen LogP contribution in [0.1, 0.15) is 62.2 Å². The van der Waals surface area contributed by atoms with Crippen molar-refractivity contribution in [3.05, 3.63) is 29.8 Å². The molecule has 0 aromatic heterocycles. The summed E-state index contributed by atoms with van der Waals surface area (Å²) in [5, 5.41) is 6.12. The van der Waals surface area contributed by atoms with Gasteiger partial charge in [-0.2, -0.15) is 0 Å². The summed E-state index contributed by atoms with van der Waals surface area (Å²) in [6.07, 6.45) is 6.42. The normalized spacial score (nSPS) is 32.6. The lowest BCUT2D eigenvalue weighted by Gasteiger charge is -2.55. The van der Waals surface area contributed by atoms with Crippen molar-refractivity contribution < 1.29 is 19.1 Å². The Hall–Kier alpha value is -2.57. The van der Waals surface area contributed by atoms with E-state index in [-0.39, 0.29) is 35.5 Å². The van der Waals surface area contributed by atoms with E-state index >= 15 is 0 Å². The minimum absolute atomic E-state index is 0.0185. The van der Waals surface area contributed by atoms with E-state index in [0.29, 0.717) is 24.2 Å². The number of ether oxygens (including phenoxy) is 1. The number of hydrogen-bond donors (Lipinski definition) is 2. The monoisotopic (exact) mass is 425 g/mol. The van der Waals surface area contributed by atoms with E-state index in [9.17, 15) is 14.4 Å². The number of para-hydroxylation sites is 1. The van der Waals surface area contributed by atoms with E-state index in [4.69, 9.17) is 4.74 Å². The molecule has 3 saturated carbocycles. The van der Waals surface area contributed by atoms with Crippen LogP contribution in [-0.2, 0) is 9.59 Å². The standard InChI is InChI=1S/C24H31N3O4/c1-15(23(30)27-11-5-2-6-12-27)25-21(28)19-13-17-10-9-16(19)14-24(17)26-22(29)18-7-3-4-8-20(18)31-24/h3-4,7-8,15-17,19H,2,5-6,9-14H2,1H3,(H,25,28)(H,26,29). The third-order valence-electron chi connectivity index (χ3n) is 7.70. The van der Waals surface area contributed by atoms with Gasteiger partial charge in [0.2, 0.25) is 11.8 Å². The molecule has 3 aliphatic carbocycles. The molecule has 7 nitrogen and oxygen atoms in total. The van der Waals surface area contributed by atoms with Gasteiger partial charge in [0.25, 0.3) is 5.91 Å². The average Bonchev–Trinajstić information content (AvgIpc) is 2.79. The fraction of sp³-hybridized carbons (Fsp3) is 0.625. The summed E-state index contributed by atoms with van der Waals surface area (Å²) < 4.78 is 6.37. The van der Waals surface area contributed by atoms with Crippen LogP contribution in [0.2, 0.25) is 0 Å². The Morgan fingerprint density at radius 1 is 1.19 bits per heavy atom. The van der Waals surface area contributed by atoms with E-state index in [1.54, 1.807) is 13.0 Å². The molecular weight excluding hydrogens is 394 g/mol. The minimum atomic E-state index is -0.722. The van der Waals surface area contributed by atoms with Crippen molar-refractivity contribution in [2.75, 3.05) is 13.1 Å². The second kappa shape index (κ2) is 7.84. The van der Waals surface area contributed by atoms with Crippen molar-refractivity contribution in [3.63, 3.8) is 0 Å². The second-order valence-electron chi connectivity index (χ2n) is 9.64. The summed E-state index contributed by atoms with van der Waals surface area (Å²) in [7, 11) is 0. The van der Waals surface area contributed by atoms with Crippen molar-refractivity contribution >= 4 is 17.7 Å². The molecular formula is C24H31N3O4. The Labute approximate surface area is 182 Å². The SMILES string of the molecule is CC(NC(=O)C1CC2CCC1CC21NC(=O)c2ccccc2O1)C(=O)N1CCCCC1. The topological polar surface area (TPSA) is 87.7 Å². The third-order valence-corrected chi connectivity index (χ3v) is 7.70. The summed E-state index contributed by atoms with van der Waals surface area (Å²) in [6, 6.07) is 6.83. The first-order valence-electron chi connectivity index (χ1n) is 11.7. The Morgan fingerprint density at radius 3 is 2.71 bits per heavy atom. The molecule has 6 rings (SSSR count). The van der Waals surface area contributed by atoms with Crippen LogP contribution in [-0.4, -0.2) is 47.5 Å². The van der Waals surface area contributed by atoms with E-state index in [1.807, 2.05) is 23.1 Å². The lowest BCUT2D eigenvalue weighted by Crippen LogP contribution is -2.67. The lowest BCUT2D eigenvalue weighted by atomic mass is 9.60. The van der Waals surface area contributed by atoms with Gasteiger partial charge < -0.3 is 20.3 Å². The van der Waals surface area contributed by atoms with Crippen LogP contribution in [0.4, 0.5) is 0 Å². The van der Waals surface area contributed by atoms with Gasteiger partial charge >= 0.3 is 0 Å². The summed E-state index contributed by atoms with van der Waals surface area (Å²) in [5.74, 6) is 0.580. The van der Waals surface area contributed by atoms with E-state index in [0.717, 1.165) is 38.8 Å². The summed E-state index contributed by atoms with van der Waals surface area (Å²) in [6.45, 7) is 3.36. The fourth-order valence-corrected chi connectivity index (χ4v) is 6.05. The van der Waals surface area contributed by atoms with Crippen molar-refractivity contribution in [2.24, 2.45) is 17.8 Å². The summed E-state index contributed by atoms with van der Waals surface area (Å²) in [4.78, 5) is 40.4. The number of fused-ring (bicyclic) bond motifs is 3. The molecule has 2 aliphatic heterocycles. The van der Waals surface area contributed by atoms with Gasteiger partial charge in [0.15, 0.2) is 5.72 Å². The van der Waals surface area contributed by atoms with E-state index in [2.05, 4.69) is 10.6 Å². The number of benzene rings is 1. The van der Waals surface area contributed by atoms with Crippen molar-refractivity contribution in [2.45, 2.75) is 63.6 Å². The number of rotatable bonds is 3. The molecule has 3 amide bonds. The maximum atomic E-state index is 13.1.